The summed E-state index contributed by atoms with van der Waals surface area (Å²) in [7, 11) is 0. The van der Waals surface area contributed by atoms with E-state index in [0.717, 1.165) is 49.9 Å². The number of aliphatic hydroxyl groups excluding tert-OH is 1. The summed E-state index contributed by atoms with van der Waals surface area (Å²) in [6, 6.07) is 6.72. The molecule has 4 nitrogen and oxygen atoms in total. The zero-order valence-electron chi connectivity index (χ0n) is 15.2. The van der Waals surface area contributed by atoms with Crippen LogP contribution in [0.25, 0.3) is 0 Å². The van der Waals surface area contributed by atoms with E-state index in [9.17, 15) is 5.11 Å². The molecule has 0 radical (unpaired) electrons. The number of hydrogen-bond donors (Lipinski definition) is 1. The Morgan fingerprint density at radius 2 is 2.00 bits per heavy atom. The topological polar surface area (TPSA) is 39.6 Å². The highest BCUT2D eigenvalue weighted by atomic mass is 16.3. The Morgan fingerprint density at radius 3 is 2.75 bits per heavy atom. The second kappa shape index (κ2) is 8.93. The monoisotopic (exact) mass is 331 g/mol. The normalized spacial score (nSPS) is 24.3. The number of piperazine rings is 1. The van der Waals surface area contributed by atoms with Gasteiger partial charge in [0.2, 0.25) is 0 Å². The number of rotatable bonds is 6. The Morgan fingerprint density at radius 1 is 1.17 bits per heavy atom. The third-order valence-electron chi connectivity index (χ3n) is 5.70. The first-order valence-electron chi connectivity index (χ1n) is 9.74. The van der Waals surface area contributed by atoms with Crippen molar-refractivity contribution in [3.05, 3.63) is 29.6 Å². The fourth-order valence-corrected chi connectivity index (χ4v) is 4.38. The maximum atomic E-state index is 9.49. The standard InChI is InChI=1S/C20H33N3O/c1-17-6-5-9-19(21-17)15-23-12-11-22(16-20(23)10-13-24)14-18-7-3-2-4-8-18/h5-6,9,18,20,24H,2-4,7-8,10-16H2,1H3/t20-/m0/s1. The van der Waals surface area contributed by atoms with Gasteiger partial charge in [-0.2, -0.15) is 0 Å². The van der Waals surface area contributed by atoms with E-state index >= 15 is 0 Å². The Bertz CT molecular complexity index is 501. The first-order valence-corrected chi connectivity index (χ1v) is 9.74. The van der Waals surface area contributed by atoms with Crippen molar-refractivity contribution >= 4 is 0 Å². The van der Waals surface area contributed by atoms with Gasteiger partial charge in [0.1, 0.15) is 0 Å². The molecule has 2 aliphatic rings. The van der Waals surface area contributed by atoms with Crippen molar-refractivity contribution < 1.29 is 5.11 Å². The average molecular weight is 332 g/mol. The van der Waals surface area contributed by atoms with Gasteiger partial charge in [-0.3, -0.25) is 9.88 Å². The maximum absolute atomic E-state index is 9.49. The lowest BCUT2D eigenvalue weighted by molar-refractivity contribution is 0.0419. The van der Waals surface area contributed by atoms with E-state index in [1.54, 1.807) is 0 Å². The molecule has 1 N–H and O–H groups in total. The van der Waals surface area contributed by atoms with Crippen LogP contribution >= 0.6 is 0 Å². The van der Waals surface area contributed by atoms with Gasteiger partial charge in [-0.25, -0.2) is 0 Å². The first-order chi connectivity index (χ1) is 11.7. The predicted molar refractivity (Wildman–Crippen MR) is 97.9 cm³/mol. The minimum absolute atomic E-state index is 0.277. The van der Waals surface area contributed by atoms with E-state index in [0.29, 0.717) is 6.04 Å². The van der Waals surface area contributed by atoms with Crippen molar-refractivity contribution in [2.75, 3.05) is 32.8 Å². The van der Waals surface area contributed by atoms with Crippen molar-refractivity contribution in [3.8, 4) is 0 Å². The molecule has 0 spiro atoms. The van der Waals surface area contributed by atoms with Gasteiger partial charge >= 0.3 is 0 Å². The van der Waals surface area contributed by atoms with Gasteiger partial charge in [0.15, 0.2) is 0 Å². The largest absolute Gasteiger partial charge is 0.396 e. The smallest absolute Gasteiger partial charge is 0.0547 e. The predicted octanol–water partition coefficient (Wildman–Crippen LogP) is 2.84. The van der Waals surface area contributed by atoms with Crippen molar-refractivity contribution in [1.82, 2.24) is 14.8 Å². The van der Waals surface area contributed by atoms with Crippen LogP contribution < -0.4 is 0 Å². The zero-order valence-corrected chi connectivity index (χ0v) is 15.2. The van der Waals surface area contributed by atoms with Gasteiger partial charge in [-0.05, 0) is 44.2 Å². The van der Waals surface area contributed by atoms with E-state index in [2.05, 4.69) is 39.9 Å². The highest BCUT2D eigenvalue weighted by Gasteiger charge is 2.28. The van der Waals surface area contributed by atoms with E-state index in [4.69, 9.17) is 0 Å². The van der Waals surface area contributed by atoms with Crippen molar-refractivity contribution in [1.29, 1.82) is 0 Å². The van der Waals surface area contributed by atoms with Crippen molar-refractivity contribution in [2.24, 2.45) is 5.92 Å². The molecule has 24 heavy (non-hydrogen) atoms. The zero-order chi connectivity index (χ0) is 16.8. The van der Waals surface area contributed by atoms with Crippen LogP contribution in [0.1, 0.15) is 49.9 Å². The van der Waals surface area contributed by atoms with Gasteiger partial charge in [-0.1, -0.05) is 25.3 Å². The quantitative estimate of drug-likeness (QED) is 0.870. The van der Waals surface area contributed by atoms with E-state index in [-0.39, 0.29) is 6.61 Å². The van der Waals surface area contributed by atoms with Crippen LogP contribution in [0, 0.1) is 12.8 Å². The van der Waals surface area contributed by atoms with Crippen LogP contribution in [-0.2, 0) is 6.54 Å². The van der Waals surface area contributed by atoms with Crippen LogP contribution in [0.4, 0.5) is 0 Å². The number of hydrogen-bond acceptors (Lipinski definition) is 4. The minimum Gasteiger partial charge on any atom is -0.396 e. The maximum Gasteiger partial charge on any atom is 0.0547 e. The first kappa shape index (κ1) is 17.8. The molecule has 1 aromatic rings. The third kappa shape index (κ3) is 5.01. The van der Waals surface area contributed by atoms with Gasteiger partial charge in [0, 0.05) is 51.1 Å². The second-order valence-corrected chi connectivity index (χ2v) is 7.67. The average Bonchev–Trinajstić information content (AvgIpc) is 2.58. The van der Waals surface area contributed by atoms with Gasteiger partial charge < -0.3 is 10.0 Å². The molecule has 3 rings (SSSR count). The van der Waals surface area contributed by atoms with Crippen LogP contribution in [0.5, 0.6) is 0 Å². The molecule has 1 saturated heterocycles. The molecular formula is C20H33N3O. The molecule has 1 aliphatic carbocycles. The molecule has 0 bridgehead atoms. The lowest BCUT2D eigenvalue weighted by Gasteiger charge is -2.42. The summed E-state index contributed by atoms with van der Waals surface area (Å²) in [6.45, 7) is 7.85. The Kier molecular flexibility index (Phi) is 6.64. The van der Waals surface area contributed by atoms with Crippen LogP contribution in [0.3, 0.4) is 0 Å². The molecule has 4 heteroatoms. The molecule has 0 unspecified atom stereocenters. The molecular weight excluding hydrogens is 298 g/mol. The summed E-state index contributed by atoms with van der Waals surface area (Å²) >= 11 is 0. The molecule has 134 valence electrons. The van der Waals surface area contributed by atoms with E-state index in [1.165, 1.54) is 38.6 Å². The molecule has 1 aromatic heterocycles. The fourth-order valence-electron chi connectivity index (χ4n) is 4.38. The van der Waals surface area contributed by atoms with Crippen molar-refractivity contribution in [2.45, 2.75) is 58.0 Å². The number of pyridine rings is 1. The van der Waals surface area contributed by atoms with Crippen LogP contribution in [0.2, 0.25) is 0 Å². The van der Waals surface area contributed by atoms with Crippen molar-refractivity contribution in [3.63, 3.8) is 0 Å². The van der Waals surface area contributed by atoms with Gasteiger partial charge in [0.25, 0.3) is 0 Å². The highest BCUT2D eigenvalue weighted by Crippen LogP contribution is 2.26. The lowest BCUT2D eigenvalue weighted by Crippen LogP contribution is -2.54. The molecule has 1 saturated carbocycles. The fraction of sp³-hybridized carbons (Fsp3) is 0.750. The Balaban J connectivity index is 1.56. The second-order valence-electron chi connectivity index (χ2n) is 7.67. The van der Waals surface area contributed by atoms with E-state index < -0.39 is 0 Å². The SMILES string of the molecule is Cc1cccc(CN2CCN(CC3CCCCC3)C[C@@H]2CCO)n1. The summed E-state index contributed by atoms with van der Waals surface area (Å²) in [6.07, 6.45) is 7.97. The summed E-state index contributed by atoms with van der Waals surface area (Å²) in [5.74, 6) is 0.901. The summed E-state index contributed by atoms with van der Waals surface area (Å²) in [5, 5.41) is 9.49. The highest BCUT2D eigenvalue weighted by molar-refractivity contribution is 5.10. The Hall–Kier alpha value is -0.970. The lowest BCUT2D eigenvalue weighted by atomic mass is 9.88. The van der Waals surface area contributed by atoms with Crippen LogP contribution in [-0.4, -0.2) is 58.7 Å². The number of aryl methyl sites for hydroxylation is 1. The minimum atomic E-state index is 0.277. The number of aliphatic hydroxyl groups is 1. The molecule has 0 aromatic carbocycles. The molecule has 1 atom stereocenters. The Labute approximate surface area is 146 Å². The number of nitrogens with zero attached hydrogens (tertiary/aromatic N) is 3. The molecule has 0 amide bonds. The molecule has 2 heterocycles. The summed E-state index contributed by atoms with van der Waals surface area (Å²) < 4.78 is 0. The number of aromatic nitrogens is 1. The third-order valence-corrected chi connectivity index (χ3v) is 5.70. The van der Waals surface area contributed by atoms with Gasteiger partial charge in [0.05, 0.1) is 5.69 Å². The summed E-state index contributed by atoms with van der Waals surface area (Å²) in [5.41, 5.74) is 2.24. The molecule has 2 fully saturated rings. The van der Waals surface area contributed by atoms with Crippen LogP contribution in [0.15, 0.2) is 18.2 Å². The summed E-state index contributed by atoms with van der Waals surface area (Å²) in [4.78, 5) is 9.83. The molecule has 1 aliphatic heterocycles. The van der Waals surface area contributed by atoms with Gasteiger partial charge in [-0.15, -0.1) is 0 Å². The van der Waals surface area contributed by atoms with E-state index in [1.807, 2.05) is 0 Å².